The fourth-order valence-corrected chi connectivity index (χ4v) is 4.27. The Balaban J connectivity index is 2.64. The van der Waals surface area contributed by atoms with Gasteiger partial charge in [-0.1, -0.05) is 157 Å². The van der Waals surface area contributed by atoms with E-state index in [1.807, 2.05) is 0 Å². The van der Waals surface area contributed by atoms with Crippen LogP contribution in [0.2, 0.25) is 0 Å². The molecule has 1 heteroatoms. The minimum Gasteiger partial charge on any atom is -0.389 e. The first-order valence-corrected chi connectivity index (χ1v) is 14.8. The van der Waals surface area contributed by atoms with E-state index in [2.05, 4.69) is 179 Å². The molecule has 1 aliphatic rings. The minimum atomic E-state index is -0.311. The first kappa shape index (κ1) is 35.6. The third kappa shape index (κ3) is 15.8. The molecule has 0 heterocycles. The Kier molecular flexibility index (Phi) is 16.4. The van der Waals surface area contributed by atoms with Crippen LogP contribution in [0.3, 0.4) is 0 Å². The lowest BCUT2D eigenvalue weighted by Crippen LogP contribution is -2.27. The zero-order chi connectivity index (χ0) is 30.8. The fraction of sp³-hybridized carbons (Fsp3) is 0.350. The highest BCUT2D eigenvalue weighted by Crippen LogP contribution is 2.41. The van der Waals surface area contributed by atoms with Gasteiger partial charge in [-0.3, -0.25) is 0 Å². The standard InChI is InChI=1S/C40H54O/c1-31(2)17-13-20-34(5)23-15-25-35(6)24-14-21-32(3)18-11-12-19-33(4)22-16-26-36(7)27-28-38-37(8)39(41)29-30-40(38,9)10/h11-28,39,41H,29-30H2,1-10H3/b12-11+,20-13+,21-14+,22-16+,25-15+,28-27+,32-18+,33-19+,34-23+,35-24+,36-26+. The van der Waals surface area contributed by atoms with Gasteiger partial charge in [-0.2, -0.15) is 0 Å². The molecule has 220 valence electrons. The predicted molar refractivity (Wildman–Crippen MR) is 185 cm³/mol. The van der Waals surface area contributed by atoms with Crippen LogP contribution in [-0.4, -0.2) is 11.2 Å². The number of rotatable bonds is 12. The lowest BCUT2D eigenvalue weighted by atomic mass is 9.71. The van der Waals surface area contributed by atoms with Crippen molar-refractivity contribution in [1.82, 2.24) is 0 Å². The Morgan fingerprint density at radius 2 is 0.951 bits per heavy atom. The first-order valence-electron chi connectivity index (χ1n) is 14.8. The zero-order valence-corrected chi connectivity index (χ0v) is 27.3. The Morgan fingerprint density at radius 1 is 0.585 bits per heavy atom. The molecule has 1 N–H and O–H groups in total. The van der Waals surface area contributed by atoms with Crippen molar-refractivity contribution in [3.8, 4) is 0 Å². The molecule has 0 spiro atoms. The van der Waals surface area contributed by atoms with E-state index < -0.39 is 0 Å². The largest absolute Gasteiger partial charge is 0.389 e. The second-order valence-corrected chi connectivity index (χ2v) is 12.0. The summed E-state index contributed by atoms with van der Waals surface area (Å²) in [5, 5.41) is 10.2. The number of aliphatic hydroxyl groups is 1. The van der Waals surface area contributed by atoms with E-state index in [1.54, 1.807) is 0 Å². The number of allylic oxidation sites excluding steroid dienone is 25. The van der Waals surface area contributed by atoms with Gasteiger partial charge in [0.25, 0.3) is 0 Å². The van der Waals surface area contributed by atoms with Gasteiger partial charge in [-0.05, 0) is 84.8 Å². The van der Waals surface area contributed by atoms with Crippen molar-refractivity contribution in [2.24, 2.45) is 5.41 Å². The molecule has 1 atom stereocenters. The molecule has 41 heavy (non-hydrogen) atoms. The van der Waals surface area contributed by atoms with E-state index in [1.165, 1.54) is 39.0 Å². The van der Waals surface area contributed by atoms with Gasteiger partial charge >= 0.3 is 0 Å². The Hall–Kier alpha value is -3.42. The van der Waals surface area contributed by atoms with Gasteiger partial charge in [0, 0.05) is 0 Å². The van der Waals surface area contributed by atoms with Gasteiger partial charge < -0.3 is 5.11 Å². The molecule has 1 unspecified atom stereocenters. The van der Waals surface area contributed by atoms with Crippen LogP contribution in [0.5, 0.6) is 0 Å². The van der Waals surface area contributed by atoms with Crippen LogP contribution in [0.4, 0.5) is 0 Å². The van der Waals surface area contributed by atoms with Crippen LogP contribution in [0.15, 0.2) is 154 Å². The monoisotopic (exact) mass is 550 g/mol. The lowest BCUT2D eigenvalue weighted by molar-refractivity contribution is 0.163. The topological polar surface area (TPSA) is 20.2 Å². The molecule has 0 aromatic heterocycles. The summed E-state index contributed by atoms with van der Waals surface area (Å²) in [5.41, 5.74) is 9.77. The normalized spacial score (nSPS) is 20.4. The smallest absolute Gasteiger partial charge is 0.0753 e. The maximum atomic E-state index is 10.2. The third-order valence-electron chi connectivity index (χ3n) is 6.98. The van der Waals surface area contributed by atoms with E-state index in [4.69, 9.17) is 0 Å². The zero-order valence-electron chi connectivity index (χ0n) is 27.3. The van der Waals surface area contributed by atoms with Gasteiger partial charge in [-0.25, -0.2) is 0 Å². The molecule has 0 aliphatic heterocycles. The highest BCUT2D eigenvalue weighted by molar-refractivity contribution is 5.39. The van der Waals surface area contributed by atoms with Crippen molar-refractivity contribution in [2.45, 2.75) is 88.2 Å². The molecule has 0 amide bonds. The highest BCUT2D eigenvalue weighted by Gasteiger charge is 2.30. The quantitative estimate of drug-likeness (QED) is 0.240. The van der Waals surface area contributed by atoms with Crippen LogP contribution in [0.1, 0.15) is 82.1 Å². The fourth-order valence-electron chi connectivity index (χ4n) is 4.27. The van der Waals surface area contributed by atoms with Gasteiger partial charge in [0.05, 0.1) is 6.10 Å². The van der Waals surface area contributed by atoms with Gasteiger partial charge in [0.15, 0.2) is 0 Å². The summed E-state index contributed by atoms with van der Waals surface area (Å²) in [4.78, 5) is 0. The van der Waals surface area contributed by atoms with E-state index in [0.29, 0.717) is 0 Å². The number of hydrogen-bond donors (Lipinski definition) is 1. The van der Waals surface area contributed by atoms with Crippen molar-refractivity contribution in [2.75, 3.05) is 0 Å². The van der Waals surface area contributed by atoms with Crippen molar-refractivity contribution in [3.05, 3.63) is 154 Å². The minimum absolute atomic E-state index is 0.108. The van der Waals surface area contributed by atoms with E-state index in [9.17, 15) is 5.11 Å². The van der Waals surface area contributed by atoms with Crippen LogP contribution in [0, 0.1) is 5.41 Å². The SMILES string of the molecule is CC(C)=C/C=C/C(C)=C/C=C/C(C)=C/C=C/C(C)=C/C=C/C=C(C)/C=C/C=C(C)/C=C/C1=C(C)C(O)CCC1(C)C. The molecule has 0 saturated carbocycles. The second-order valence-electron chi connectivity index (χ2n) is 12.0. The summed E-state index contributed by atoms with van der Waals surface area (Å²) in [7, 11) is 0. The van der Waals surface area contributed by atoms with Gasteiger partial charge in [0.1, 0.15) is 0 Å². The molecule has 0 bridgehead atoms. The Labute approximate surface area is 252 Å². The van der Waals surface area contributed by atoms with Crippen molar-refractivity contribution < 1.29 is 5.11 Å². The maximum Gasteiger partial charge on any atom is 0.0753 e. The summed E-state index contributed by atoms with van der Waals surface area (Å²) in [6, 6.07) is 0. The average Bonchev–Trinajstić information content (AvgIpc) is 2.88. The second kappa shape index (κ2) is 18.8. The van der Waals surface area contributed by atoms with Crippen molar-refractivity contribution in [3.63, 3.8) is 0 Å². The summed E-state index contributed by atoms with van der Waals surface area (Å²) in [6.45, 7) is 21.3. The van der Waals surface area contributed by atoms with E-state index >= 15 is 0 Å². The summed E-state index contributed by atoms with van der Waals surface area (Å²) >= 11 is 0. The molecule has 0 aromatic carbocycles. The van der Waals surface area contributed by atoms with E-state index in [-0.39, 0.29) is 11.5 Å². The summed E-state index contributed by atoms with van der Waals surface area (Å²) in [5.74, 6) is 0. The van der Waals surface area contributed by atoms with Crippen molar-refractivity contribution in [1.29, 1.82) is 0 Å². The van der Waals surface area contributed by atoms with Gasteiger partial charge in [0.2, 0.25) is 0 Å². The van der Waals surface area contributed by atoms with Crippen LogP contribution in [-0.2, 0) is 0 Å². The Bertz CT molecular complexity index is 1260. The molecule has 0 saturated heterocycles. The average molecular weight is 551 g/mol. The molecule has 1 rings (SSSR count). The maximum absolute atomic E-state index is 10.2. The van der Waals surface area contributed by atoms with Crippen LogP contribution >= 0.6 is 0 Å². The summed E-state index contributed by atoms with van der Waals surface area (Å²) in [6.07, 6.45) is 39.6. The van der Waals surface area contributed by atoms with Crippen LogP contribution in [0.25, 0.3) is 0 Å². The predicted octanol–water partition coefficient (Wildman–Crippen LogP) is 11.5. The lowest BCUT2D eigenvalue weighted by Gasteiger charge is -2.35. The molecule has 0 fully saturated rings. The number of hydrogen-bond acceptors (Lipinski definition) is 1. The first-order chi connectivity index (χ1) is 19.3. The van der Waals surface area contributed by atoms with Gasteiger partial charge in [-0.15, -0.1) is 0 Å². The molecule has 1 aliphatic carbocycles. The number of aliphatic hydroxyl groups excluding tert-OH is 1. The molecule has 0 radical (unpaired) electrons. The summed E-state index contributed by atoms with van der Waals surface area (Å²) < 4.78 is 0. The Morgan fingerprint density at radius 3 is 1.37 bits per heavy atom. The van der Waals surface area contributed by atoms with Crippen molar-refractivity contribution >= 4 is 0 Å². The molecule has 1 nitrogen and oxygen atoms in total. The third-order valence-corrected chi connectivity index (χ3v) is 6.98. The molecule has 0 aromatic rings. The van der Waals surface area contributed by atoms with Crippen LogP contribution < -0.4 is 0 Å². The highest BCUT2D eigenvalue weighted by atomic mass is 16.3. The molecular weight excluding hydrogens is 496 g/mol. The molecular formula is C40H54O. The van der Waals surface area contributed by atoms with E-state index in [0.717, 1.165) is 18.4 Å².